The third-order valence-corrected chi connectivity index (χ3v) is 3.98. The van der Waals surface area contributed by atoms with Crippen molar-refractivity contribution in [3.05, 3.63) is 29.3 Å². The molecule has 0 saturated carbocycles. The molecule has 0 aromatic heterocycles. The van der Waals surface area contributed by atoms with Crippen molar-refractivity contribution < 1.29 is 13.2 Å². The first-order valence-corrected chi connectivity index (χ1v) is 7.69. The molecule has 0 heterocycles. The van der Waals surface area contributed by atoms with Crippen LogP contribution in [0.3, 0.4) is 0 Å². The first kappa shape index (κ1) is 15.0. The fourth-order valence-electron chi connectivity index (χ4n) is 1.46. The van der Waals surface area contributed by atoms with Crippen molar-refractivity contribution in [2.45, 2.75) is 26.7 Å². The highest BCUT2D eigenvalue weighted by molar-refractivity contribution is 7.92. The van der Waals surface area contributed by atoms with Crippen LogP contribution in [0.4, 0.5) is 5.69 Å². The molecule has 100 valence electrons. The van der Waals surface area contributed by atoms with Crippen molar-refractivity contribution in [1.29, 1.82) is 0 Å². The van der Waals surface area contributed by atoms with Crippen molar-refractivity contribution in [3.8, 4) is 0 Å². The van der Waals surface area contributed by atoms with Gasteiger partial charge in [-0.1, -0.05) is 25.0 Å². The Hall–Kier alpha value is -1.07. The minimum Gasteiger partial charge on any atom is -0.283 e. The number of hydrogen-bond acceptors (Lipinski definition) is 3. The Balaban J connectivity index is 3.01. The molecule has 0 spiro atoms. The Morgan fingerprint density at radius 1 is 1.39 bits per heavy atom. The molecule has 0 atom stereocenters. The number of aryl methyl sites for hydroxylation is 1. The van der Waals surface area contributed by atoms with Gasteiger partial charge in [0.2, 0.25) is 10.0 Å². The van der Waals surface area contributed by atoms with Crippen molar-refractivity contribution in [3.63, 3.8) is 0 Å². The minimum atomic E-state index is -3.43. The number of anilines is 1. The lowest BCUT2D eigenvalue weighted by molar-refractivity contribution is 0.108. The first-order valence-electron chi connectivity index (χ1n) is 5.66. The maximum atomic E-state index is 11.8. The number of carbonyl (C=O) groups excluding carboxylic acids is 1. The van der Waals surface area contributed by atoms with E-state index < -0.39 is 15.3 Å². The lowest BCUT2D eigenvalue weighted by Crippen LogP contribution is -2.18. The van der Waals surface area contributed by atoms with E-state index in [1.54, 1.807) is 25.1 Å². The van der Waals surface area contributed by atoms with Gasteiger partial charge in [0.1, 0.15) is 0 Å². The minimum absolute atomic E-state index is 0.0350. The third-order valence-electron chi connectivity index (χ3n) is 2.42. The zero-order valence-electron chi connectivity index (χ0n) is 10.4. The second-order valence-electron chi connectivity index (χ2n) is 4.10. The van der Waals surface area contributed by atoms with Gasteiger partial charge in [0.05, 0.1) is 17.0 Å². The first-order chi connectivity index (χ1) is 8.35. The number of nitrogens with one attached hydrogen (secondary N) is 1. The van der Waals surface area contributed by atoms with E-state index in [9.17, 15) is 13.2 Å². The monoisotopic (exact) mass is 289 g/mol. The van der Waals surface area contributed by atoms with E-state index in [-0.39, 0.29) is 17.0 Å². The van der Waals surface area contributed by atoms with Crippen LogP contribution in [-0.4, -0.2) is 19.4 Å². The molecule has 1 aromatic rings. The topological polar surface area (TPSA) is 63.2 Å². The summed E-state index contributed by atoms with van der Waals surface area (Å²) >= 11 is 5.44. The highest BCUT2D eigenvalue weighted by Gasteiger charge is 2.15. The van der Waals surface area contributed by atoms with Crippen LogP contribution in [0.1, 0.15) is 35.7 Å². The molecule has 4 nitrogen and oxygen atoms in total. The lowest BCUT2D eigenvalue weighted by atomic mass is 10.1. The number of sulfonamides is 1. The second-order valence-corrected chi connectivity index (χ2v) is 6.28. The molecule has 0 unspecified atom stereocenters. The van der Waals surface area contributed by atoms with E-state index in [4.69, 9.17) is 11.6 Å². The molecular weight excluding hydrogens is 274 g/mol. The zero-order chi connectivity index (χ0) is 13.8. The highest BCUT2D eigenvalue weighted by Crippen LogP contribution is 2.21. The summed E-state index contributed by atoms with van der Waals surface area (Å²) in [6.45, 7) is 3.72. The molecule has 1 N–H and O–H groups in total. The zero-order valence-corrected chi connectivity index (χ0v) is 11.9. The number of rotatable bonds is 6. The summed E-state index contributed by atoms with van der Waals surface area (Å²) < 4.78 is 25.9. The summed E-state index contributed by atoms with van der Waals surface area (Å²) in [5, 5.41) is -0.674. The third kappa shape index (κ3) is 4.31. The Morgan fingerprint density at radius 3 is 2.61 bits per heavy atom. The summed E-state index contributed by atoms with van der Waals surface area (Å²) in [5.41, 5.74) is 1.25. The van der Waals surface area contributed by atoms with E-state index in [0.29, 0.717) is 6.42 Å². The normalized spacial score (nSPS) is 11.3. The number of halogens is 1. The van der Waals surface area contributed by atoms with Gasteiger partial charge in [0.25, 0.3) is 5.24 Å². The van der Waals surface area contributed by atoms with Crippen molar-refractivity contribution in [1.82, 2.24) is 0 Å². The van der Waals surface area contributed by atoms with Crippen LogP contribution < -0.4 is 4.72 Å². The maximum absolute atomic E-state index is 11.8. The molecular formula is C12H16ClNO3S. The summed E-state index contributed by atoms with van der Waals surface area (Å²) in [6.07, 6.45) is 1.36. The molecule has 0 radical (unpaired) electrons. The Morgan fingerprint density at radius 2 is 2.06 bits per heavy atom. The average Bonchev–Trinajstić information content (AvgIpc) is 2.28. The van der Waals surface area contributed by atoms with E-state index in [2.05, 4.69) is 4.72 Å². The fraction of sp³-hybridized carbons (Fsp3) is 0.417. The molecule has 0 amide bonds. The molecule has 0 fully saturated rings. The summed E-state index contributed by atoms with van der Waals surface area (Å²) in [5.74, 6) is 0.0350. The van der Waals surface area contributed by atoms with Gasteiger partial charge in [-0.05, 0) is 37.1 Å². The molecule has 18 heavy (non-hydrogen) atoms. The van der Waals surface area contributed by atoms with Crippen LogP contribution in [0.15, 0.2) is 18.2 Å². The largest absolute Gasteiger partial charge is 0.283 e. The van der Waals surface area contributed by atoms with Crippen LogP contribution in [0.25, 0.3) is 0 Å². The second kappa shape index (κ2) is 6.20. The van der Waals surface area contributed by atoms with Crippen molar-refractivity contribution >= 4 is 32.6 Å². The number of benzene rings is 1. The molecule has 0 aliphatic rings. The summed E-state index contributed by atoms with van der Waals surface area (Å²) in [4.78, 5) is 11.2. The van der Waals surface area contributed by atoms with E-state index in [1.807, 2.05) is 6.92 Å². The molecule has 1 aromatic carbocycles. The quantitative estimate of drug-likeness (QED) is 0.819. The molecule has 0 bridgehead atoms. The fourth-order valence-corrected chi connectivity index (χ4v) is 2.90. The van der Waals surface area contributed by atoms with Gasteiger partial charge in [0.15, 0.2) is 0 Å². The smallest absolute Gasteiger partial charge is 0.254 e. The van der Waals surface area contributed by atoms with Crippen LogP contribution in [0.2, 0.25) is 0 Å². The van der Waals surface area contributed by atoms with E-state index in [1.165, 1.54) is 0 Å². The van der Waals surface area contributed by atoms with Gasteiger partial charge in [0, 0.05) is 0 Å². The predicted octanol–water partition coefficient (Wildman–Crippen LogP) is 2.92. The molecule has 0 saturated heterocycles. The average molecular weight is 290 g/mol. The Labute approximate surface area is 112 Å². The lowest BCUT2D eigenvalue weighted by Gasteiger charge is -2.10. The maximum Gasteiger partial charge on any atom is 0.254 e. The van der Waals surface area contributed by atoms with Crippen molar-refractivity contribution in [2.24, 2.45) is 0 Å². The summed E-state index contributed by atoms with van der Waals surface area (Å²) in [6, 6.07) is 4.84. The molecule has 1 rings (SSSR count). The van der Waals surface area contributed by atoms with Gasteiger partial charge in [-0.15, -0.1) is 0 Å². The van der Waals surface area contributed by atoms with Gasteiger partial charge < -0.3 is 0 Å². The number of hydrogen-bond donors (Lipinski definition) is 1. The van der Waals surface area contributed by atoms with E-state index in [0.717, 1.165) is 12.0 Å². The van der Waals surface area contributed by atoms with Crippen LogP contribution in [0.5, 0.6) is 0 Å². The van der Waals surface area contributed by atoms with Gasteiger partial charge in [-0.2, -0.15) is 0 Å². The van der Waals surface area contributed by atoms with Crippen LogP contribution >= 0.6 is 11.6 Å². The highest BCUT2D eigenvalue weighted by atomic mass is 35.5. The predicted molar refractivity (Wildman–Crippen MR) is 73.7 cm³/mol. The Kier molecular flexibility index (Phi) is 5.16. The van der Waals surface area contributed by atoms with Crippen LogP contribution in [0, 0.1) is 6.92 Å². The number of carbonyl (C=O) groups is 1. The SMILES string of the molecule is CCCCS(=O)(=O)Nc1ccc(C)cc1C(=O)Cl. The van der Waals surface area contributed by atoms with E-state index >= 15 is 0 Å². The van der Waals surface area contributed by atoms with Crippen LogP contribution in [-0.2, 0) is 10.0 Å². The standard InChI is InChI=1S/C12H16ClNO3S/c1-3-4-7-18(16,17)14-11-6-5-9(2)8-10(11)12(13)15/h5-6,8,14H,3-4,7H2,1-2H3. The van der Waals surface area contributed by atoms with Gasteiger partial charge >= 0.3 is 0 Å². The van der Waals surface area contributed by atoms with Crippen molar-refractivity contribution in [2.75, 3.05) is 10.5 Å². The summed E-state index contributed by atoms with van der Waals surface area (Å²) in [7, 11) is -3.43. The Bertz CT molecular complexity index is 540. The number of unbranched alkanes of at least 4 members (excludes halogenated alkanes) is 1. The van der Waals surface area contributed by atoms with Gasteiger partial charge in [-0.3, -0.25) is 9.52 Å². The van der Waals surface area contributed by atoms with Gasteiger partial charge in [-0.25, -0.2) is 8.42 Å². The molecule has 0 aliphatic carbocycles. The molecule has 0 aliphatic heterocycles. The molecule has 6 heteroatoms.